The van der Waals surface area contributed by atoms with Crippen LogP contribution in [0.1, 0.15) is 51.3 Å². The molecule has 0 spiro atoms. The summed E-state index contributed by atoms with van der Waals surface area (Å²) in [6, 6.07) is 3.97. The van der Waals surface area contributed by atoms with E-state index < -0.39 is 10.0 Å². The van der Waals surface area contributed by atoms with Gasteiger partial charge in [0, 0.05) is 23.5 Å². The third-order valence-corrected chi connectivity index (χ3v) is 7.70. The van der Waals surface area contributed by atoms with Crippen LogP contribution in [0.3, 0.4) is 0 Å². The Morgan fingerprint density at radius 3 is 2.76 bits per heavy atom. The van der Waals surface area contributed by atoms with Gasteiger partial charge in [0.05, 0.1) is 0 Å². The molecule has 0 aromatic carbocycles. The number of nitrogens with zero attached hydrogens (tertiary/aromatic N) is 1. The summed E-state index contributed by atoms with van der Waals surface area (Å²) in [5.74, 6) is 0. The van der Waals surface area contributed by atoms with Crippen LogP contribution in [0.25, 0.3) is 0 Å². The largest absolute Gasteiger partial charge is 0.312 e. The van der Waals surface area contributed by atoms with Gasteiger partial charge in [0.2, 0.25) is 0 Å². The number of nitrogens with one attached hydrogen (secondary N) is 1. The van der Waals surface area contributed by atoms with Crippen molar-refractivity contribution in [1.29, 1.82) is 0 Å². The van der Waals surface area contributed by atoms with Crippen LogP contribution < -0.4 is 5.32 Å². The molecule has 2 heterocycles. The van der Waals surface area contributed by atoms with Crippen LogP contribution in [-0.4, -0.2) is 31.4 Å². The van der Waals surface area contributed by atoms with E-state index >= 15 is 0 Å². The molecule has 1 aromatic rings. The van der Waals surface area contributed by atoms with Gasteiger partial charge in [-0.15, -0.1) is 11.3 Å². The van der Waals surface area contributed by atoms with E-state index in [0.717, 1.165) is 43.6 Å². The minimum Gasteiger partial charge on any atom is -0.312 e. The summed E-state index contributed by atoms with van der Waals surface area (Å²) in [4.78, 5) is 1.09. The van der Waals surface area contributed by atoms with Crippen LogP contribution >= 0.6 is 11.3 Å². The van der Waals surface area contributed by atoms with E-state index in [4.69, 9.17) is 0 Å². The van der Waals surface area contributed by atoms with Crippen LogP contribution in [0.4, 0.5) is 0 Å². The van der Waals surface area contributed by atoms with E-state index in [1.165, 1.54) is 11.3 Å². The zero-order valence-corrected chi connectivity index (χ0v) is 14.8. The molecule has 2 atom stereocenters. The number of hydrogen-bond donors (Lipinski definition) is 1. The molecule has 1 aromatic heterocycles. The lowest BCUT2D eigenvalue weighted by Gasteiger charge is -2.26. The van der Waals surface area contributed by atoms with E-state index in [0.29, 0.717) is 4.21 Å². The Balaban J connectivity index is 2.15. The van der Waals surface area contributed by atoms with Crippen molar-refractivity contribution in [2.75, 3.05) is 6.54 Å². The molecule has 2 unspecified atom stereocenters. The molecule has 1 saturated heterocycles. The number of thiophene rings is 1. The maximum Gasteiger partial charge on any atom is 0.253 e. The maximum absolute atomic E-state index is 12.9. The lowest BCUT2D eigenvalue weighted by molar-refractivity contribution is 0.329. The quantitative estimate of drug-likeness (QED) is 0.781. The average molecular weight is 331 g/mol. The Morgan fingerprint density at radius 1 is 1.33 bits per heavy atom. The van der Waals surface area contributed by atoms with Crippen molar-refractivity contribution in [3.8, 4) is 0 Å². The van der Waals surface area contributed by atoms with E-state index in [1.54, 1.807) is 10.4 Å². The molecule has 120 valence electrons. The van der Waals surface area contributed by atoms with Gasteiger partial charge < -0.3 is 5.32 Å². The highest BCUT2D eigenvalue weighted by atomic mass is 32.2. The maximum atomic E-state index is 12.9. The van der Waals surface area contributed by atoms with Gasteiger partial charge in [-0.2, -0.15) is 4.31 Å². The SMILES string of the molecule is CCCNCc1ccc(S(=O)(=O)N2C(C)CCC2CC)s1. The molecular formula is C15H26N2O2S2. The van der Waals surface area contributed by atoms with Gasteiger partial charge >= 0.3 is 0 Å². The fourth-order valence-electron chi connectivity index (χ4n) is 2.95. The molecule has 1 aliphatic rings. The second-order valence-electron chi connectivity index (χ2n) is 5.72. The van der Waals surface area contributed by atoms with Crippen LogP contribution in [-0.2, 0) is 16.6 Å². The highest BCUT2D eigenvalue weighted by Crippen LogP contribution is 2.34. The van der Waals surface area contributed by atoms with Crippen LogP contribution in [0.5, 0.6) is 0 Å². The van der Waals surface area contributed by atoms with Crippen molar-refractivity contribution in [1.82, 2.24) is 9.62 Å². The van der Waals surface area contributed by atoms with Crippen molar-refractivity contribution in [2.24, 2.45) is 0 Å². The third-order valence-electron chi connectivity index (χ3n) is 4.08. The van der Waals surface area contributed by atoms with Crippen molar-refractivity contribution >= 4 is 21.4 Å². The third kappa shape index (κ3) is 3.67. The molecule has 1 fully saturated rings. The Hall–Kier alpha value is -0.430. The van der Waals surface area contributed by atoms with Gasteiger partial charge in [0.25, 0.3) is 10.0 Å². The molecule has 1 aliphatic heterocycles. The molecule has 0 radical (unpaired) electrons. The van der Waals surface area contributed by atoms with Crippen molar-refractivity contribution < 1.29 is 8.42 Å². The summed E-state index contributed by atoms with van der Waals surface area (Å²) in [7, 11) is -3.33. The average Bonchev–Trinajstić information content (AvgIpc) is 3.06. The first-order chi connectivity index (χ1) is 10.0. The van der Waals surface area contributed by atoms with E-state index in [9.17, 15) is 8.42 Å². The normalized spacial score (nSPS) is 23.8. The van der Waals surface area contributed by atoms with Crippen molar-refractivity contribution in [3.63, 3.8) is 0 Å². The van der Waals surface area contributed by atoms with E-state index in [2.05, 4.69) is 19.2 Å². The highest BCUT2D eigenvalue weighted by molar-refractivity contribution is 7.91. The molecule has 6 heteroatoms. The van der Waals surface area contributed by atoms with Gasteiger partial charge in [-0.1, -0.05) is 13.8 Å². The summed E-state index contributed by atoms with van der Waals surface area (Å²) in [5.41, 5.74) is 0. The van der Waals surface area contributed by atoms with Gasteiger partial charge in [0.15, 0.2) is 0 Å². The molecule has 1 N–H and O–H groups in total. The molecular weight excluding hydrogens is 304 g/mol. The highest BCUT2D eigenvalue weighted by Gasteiger charge is 2.39. The second kappa shape index (κ2) is 7.22. The molecule has 0 saturated carbocycles. The summed E-state index contributed by atoms with van der Waals surface area (Å²) < 4.78 is 28.0. The van der Waals surface area contributed by atoms with Crippen LogP contribution in [0.2, 0.25) is 0 Å². The first kappa shape index (κ1) is 16.9. The van der Waals surface area contributed by atoms with E-state index in [1.807, 2.05) is 13.0 Å². The molecule has 0 amide bonds. The first-order valence-electron chi connectivity index (χ1n) is 7.83. The number of hydrogen-bond acceptors (Lipinski definition) is 4. The summed E-state index contributed by atoms with van der Waals surface area (Å²) in [6.45, 7) is 7.92. The summed E-state index contributed by atoms with van der Waals surface area (Å²) in [5, 5.41) is 3.32. The zero-order valence-electron chi connectivity index (χ0n) is 13.1. The van der Waals surface area contributed by atoms with Gasteiger partial charge in [0.1, 0.15) is 4.21 Å². The predicted molar refractivity (Wildman–Crippen MR) is 88.1 cm³/mol. The Labute approximate surface area is 132 Å². The standard InChI is InChI=1S/C15H26N2O2S2/c1-4-10-16-11-14-8-9-15(20-14)21(18,19)17-12(3)6-7-13(17)5-2/h8-9,12-13,16H,4-7,10-11H2,1-3H3. The Bertz CT molecular complexity index is 554. The molecule has 4 nitrogen and oxygen atoms in total. The molecule has 0 bridgehead atoms. The topological polar surface area (TPSA) is 49.4 Å². The lowest BCUT2D eigenvalue weighted by Crippen LogP contribution is -2.39. The number of sulfonamides is 1. The lowest BCUT2D eigenvalue weighted by atomic mass is 10.2. The van der Waals surface area contributed by atoms with Gasteiger partial charge in [-0.05, 0) is 51.3 Å². The monoisotopic (exact) mass is 330 g/mol. The zero-order chi connectivity index (χ0) is 15.5. The molecule has 0 aliphatic carbocycles. The summed E-state index contributed by atoms with van der Waals surface area (Å²) >= 11 is 1.40. The Kier molecular flexibility index (Phi) is 5.82. The van der Waals surface area contributed by atoms with Gasteiger partial charge in [-0.3, -0.25) is 0 Å². The summed E-state index contributed by atoms with van der Waals surface area (Å²) in [6.07, 6.45) is 3.92. The van der Waals surface area contributed by atoms with Crippen molar-refractivity contribution in [3.05, 3.63) is 17.0 Å². The first-order valence-corrected chi connectivity index (χ1v) is 10.1. The second-order valence-corrected chi connectivity index (χ2v) is 8.96. The number of rotatable bonds is 7. The smallest absolute Gasteiger partial charge is 0.253 e. The van der Waals surface area contributed by atoms with Crippen molar-refractivity contribution in [2.45, 2.75) is 69.3 Å². The minimum absolute atomic E-state index is 0.115. The van der Waals surface area contributed by atoms with Crippen LogP contribution in [0.15, 0.2) is 16.3 Å². The van der Waals surface area contributed by atoms with E-state index in [-0.39, 0.29) is 12.1 Å². The molecule has 21 heavy (non-hydrogen) atoms. The predicted octanol–water partition coefficient (Wildman–Crippen LogP) is 3.20. The Morgan fingerprint density at radius 2 is 2.10 bits per heavy atom. The van der Waals surface area contributed by atoms with Crippen LogP contribution in [0, 0.1) is 0 Å². The minimum atomic E-state index is -3.33. The van der Waals surface area contributed by atoms with Gasteiger partial charge in [-0.25, -0.2) is 8.42 Å². The fourth-order valence-corrected chi connectivity index (χ4v) is 6.33. The molecule has 2 rings (SSSR count). The fraction of sp³-hybridized carbons (Fsp3) is 0.733.